The van der Waals surface area contributed by atoms with Gasteiger partial charge in [-0.05, 0) is 50.6 Å². The molecule has 6 nitrogen and oxygen atoms in total. The van der Waals surface area contributed by atoms with Gasteiger partial charge in [0.15, 0.2) is 5.69 Å². The van der Waals surface area contributed by atoms with Gasteiger partial charge in [-0.15, -0.1) is 17.5 Å². The van der Waals surface area contributed by atoms with Crippen molar-refractivity contribution < 1.29 is 18.0 Å². The minimum absolute atomic E-state index is 0. The van der Waals surface area contributed by atoms with Gasteiger partial charge in [0, 0.05) is 5.69 Å². The van der Waals surface area contributed by atoms with Crippen LogP contribution in [0.25, 0.3) is 0 Å². The van der Waals surface area contributed by atoms with E-state index in [2.05, 4.69) is 20.9 Å². The maximum Gasteiger partial charge on any atom is 0.416 e. The van der Waals surface area contributed by atoms with Crippen LogP contribution in [0.5, 0.6) is 0 Å². The summed E-state index contributed by atoms with van der Waals surface area (Å²) in [6.07, 6.45) is -1.16. The summed E-state index contributed by atoms with van der Waals surface area (Å²) >= 11 is 0. The third kappa shape index (κ3) is 4.34. The SMILES string of the molecule is Cc1c(NC(=O)c2cn(C3CCNCC3)nn2)cccc1C(F)(F)F.Cl. The zero-order valence-electron chi connectivity index (χ0n) is 14.0. The molecular formula is C16H19ClF3N5O. The van der Waals surface area contributed by atoms with E-state index in [0.717, 1.165) is 32.0 Å². The number of anilines is 1. The molecule has 0 bridgehead atoms. The standard InChI is InChI=1S/C16H18F3N5O.ClH/c1-10-12(16(17,18)19)3-2-4-13(10)21-15(25)14-9-24(23-22-14)11-5-7-20-8-6-11;/h2-4,9,11,20H,5-8H2,1H3,(H,21,25);1H. The van der Waals surface area contributed by atoms with Crippen molar-refractivity contribution in [3.05, 3.63) is 41.2 Å². The molecule has 1 saturated heterocycles. The molecule has 1 fully saturated rings. The van der Waals surface area contributed by atoms with Crippen molar-refractivity contribution in [3.63, 3.8) is 0 Å². The zero-order chi connectivity index (χ0) is 18.0. The summed E-state index contributed by atoms with van der Waals surface area (Å²) in [5, 5.41) is 13.6. The van der Waals surface area contributed by atoms with E-state index in [9.17, 15) is 18.0 Å². The molecule has 3 rings (SSSR count). The van der Waals surface area contributed by atoms with Crippen LogP contribution in [0.2, 0.25) is 0 Å². The number of aromatic nitrogens is 3. The molecule has 1 amide bonds. The molecule has 0 spiro atoms. The van der Waals surface area contributed by atoms with Crippen LogP contribution in [0.4, 0.5) is 18.9 Å². The van der Waals surface area contributed by atoms with Crippen LogP contribution in [0.3, 0.4) is 0 Å². The van der Waals surface area contributed by atoms with Gasteiger partial charge in [0.1, 0.15) is 0 Å². The summed E-state index contributed by atoms with van der Waals surface area (Å²) in [5.41, 5.74) is -0.621. The maximum atomic E-state index is 13.0. The highest BCUT2D eigenvalue weighted by atomic mass is 35.5. The minimum atomic E-state index is -4.47. The number of alkyl halides is 3. The van der Waals surface area contributed by atoms with E-state index in [4.69, 9.17) is 0 Å². The Morgan fingerprint density at radius 1 is 1.31 bits per heavy atom. The predicted molar refractivity (Wildman–Crippen MR) is 92.5 cm³/mol. The third-order valence-corrected chi connectivity index (χ3v) is 4.31. The molecule has 2 N–H and O–H groups in total. The van der Waals surface area contributed by atoms with Crippen molar-refractivity contribution in [2.75, 3.05) is 18.4 Å². The normalized spacial score (nSPS) is 15.4. The van der Waals surface area contributed by atoms with Gasteiger partial charge in [-0.1, -0.05) is 11.3 Å². The van der Waals surface area contributed by atoms with Gasteiger partial charge in [0.25, 0.3) is 5.91 Å². The van der Waals surface area contributed by atoms with Crippen molar-refractivity contribution in [1.82, 2.24) is 20.3 Å². The Balaban J connectivity index is 0.00000243. The molecule has 0 radical (unpaired) electrons. The Morgan fingerprint density at radius 3 is 2.65 bits per heavy atom. The molecule has 1 aliphatic heterocycles. The van der Waals surface area contributed by atoms with Gasteiger partial charge in [0.05, 0.1) is 17.8 Å². The number of hydrogen-bond donors (Lipinski definition) is 2. The first-order chi connectivity index (χ1) is 11.9. The minimum Gasteiger partial charge on any atom is -0.320 e. The molecule has 1 aromatic carbocycles. The fraction of sp³-hybridized carbons (Fsp3) is 0.438. The topological polar surface area (TPSA) is 71.8 Å². The first-order valence-electron chi connectivity index (χ1n) is 7.97. The van der Waals surface area contributed by atoms with Crippen molar-refractivity contribution >= 4 is 24.0 Å². The molecular weight excluding hydrogens is 371 g/mol. The van der Waals surface area contributed by atoms with E-state index >= 15 is 0 Å². The molecule has 142 valence electrons. The summed E-state index contributed by atoms with van der Waals surface area (Å²) in [6, 6.07) is 3.85. The van der Waals surface area contributed by atoms with Crippen molar-refractivity contribution in [2.45, 2.75) is 32.0 Å². The number of amides is 1. The van der Waals surface area contributed by atoms with Crippen LogP contribution < -0.4 is 10.6 Å². The number of hydrogen-bond acceptors (Lipinski definition) is 4. The van der Waals surface area contributed by atoms with E-state index < -0.39 is 17.6 Å². The lowest BCUT2D eigenvalue weighted by molar-refractivity contribution is -0.138. The highest BCUT2D eigenvalue weighted by Crippen LogP contribution is 2.34. The number of carbonyl (C=O) groups is 1. The second kappa shape index (κ2) is 8.05. The number of benzene rings is 1. The van der Waals surface area contributed by atoms with Crippen LogP contribution >= 0.6 is 12.4 Å². The summed E-state index contributed by atoms with van der Waals surface area (Å²) in [7, 11) is 0. The first-order valence-corrected chi connectivity index (χ1v) is 7.97. The molecule has 1 aromatic heterocycles. The fourth-order valence-corrected chi connectivity index (χ4v) is 2.89. The largest absolute Gasteiger partial charge is 0.416 e. The summed E-state index contributed by atoms with van der Waals surface area (Å²) in [6.45, 7) is 3.06. The number of halogens is 4. The highest BCUT2D eigenvalue weighted by Gasteiger charge is 2.33. The Kier molecular flexibility index (Phi) is 6.25. The Morgan fingerprint density at radius 2 is 2.00 bits per heavy atom. The lowest BCUT2D eigenvalue weighted by atomic mass is 10.1. The monoisotopic (exact) mass is 389 g/mol. The molecule has 26 heavy (non-hydrogen) atoms. The fourth-order valence-electron chi connectivity index (χ4n) is 2.89. The van der Waals surface area contributed by atoms with Gasteiger partial charge < -0.3 is 10.6 Å². The zero-order valence-corrected chi connectivity index (χ0v) is 14.8. The molecule has 0 unspecified atom stereocenters. The second-order valence-electron chi connectivity index (χ2n) is 5.99. The van der Waals surface area contributed by atoms with Crippen molar-refractivity contribution in [1.29, 1.82) is 0 Å². The van der Waals surface area contributed by atoms with Gasteiger partial charge >= 0.3 is 6.18 Å². The molecule has 1 aliphatic rings. The van der Waals surface area contributed by atoms with Gasteiger partial charge in [-0.3, -0.25) is 4.79 Å². The number of carbonyl (C=O) groups excluding carboxylic acids is 1. The smallest absolute Gasteiger partial charge is 0.320 e. The van der Waals surface area contributed by atoms with E-state index in [1.807, 2.05) is 0 Å². The van der Waals surface area contributed by atoms with E-state index in [1.165, 1.54) is 25.3 Å². The van der Waals surface area contributed by atoms with Crippen LogP contribution in [0.15, 0.2) is 24.4 Å². The summed E-state index contributed by atoms with van der Waals surface area (Å²) < 4.78 is 40.5. The number of nitrogens with one attached hydrogen (secondary N) is 2. The number of nitrogens with zero attached hydrogens (tertiary/aromatic N) is 3. The number of rotatable bonds is 3. The van der Waals surface area contributed by atoms with Crippen LogP contribution in [0.1, 0.15) is 40.5 Å². The molecule has 2 aromatic rings. The Bertz CT molecular complexity index is 771. The molecule has 10 heteroatoms. The molecule has 0 aliphatic carbocycles. The first kappa shape index (κ1) is 20.2. The average molecular weight is 390 g/mol. The summed E-state index contributed by atoms with van der Waals surface area (Å²) in [5.74, 6) is -0.581. The lowest BCUT2D eigenvalue weighted by Crippen LogP contribution is -2.29. The average Bonchev–Trinajstić information content (AvgIpc) is 3.06. The number of piperidine rings is 1. The molecule has 0 atom stereocenters. The Hall–Kier alpha value is -2.13. The summed E-state index contributed by atoms with van der Waals surface area (Å²) in [4.78, 5) is 12.3. The van der Waals surface area contributed by atoms with Crippen molar-refractivity contribution in [3.8, 4) is 0 Å². The predicted octanol–water partition coefficient (Wildman–Crippen LogP) is 3.20. The third-order valence-electron chi connectivity index (χ3n) is 4.31. The molecule has 2 heterocycles. The van der Waals surface area contributed by atoms with E-state index in [1.54, 1.807) is 4.68 Å². The molecule has 0 saturated carbocycles. The van der Waals surface area contributed by atoms with Gasteiger partial charge in [-0.25, -0.2) is 4.68 Å². The highest BCUT2D eigenvalue weighted by molar-refractivity contribution is 6.03. The van der Waals surface area contributed by atoms with E-state index in [0.29, 0.717) is 0 Å². The van der Waals surface area contributed by atoms with Crippen LogP contribution in [-0.4, -0.2) is 34.0 Å². The van der Waals surface area contributed by atoms with Gasteiger partial charge in [-0.2, -0.15) is 13.2 Å². The van der Waals surface area contributed by atoms with Crippen LogP contribution in [-0.2, 0) is 6.18 Å². The van der Waals surface area contributed by atoms with Crippen molar-refractivity contribution in [2.24, 2.45) is 0 Å². The van der Waals surface area contributed by atoms with Crippen LogP contribution in [0, 0.1) is 6.92 Å². The maximum absolute atomic E-state index is 13.0. The lowest BCUT2D eigenvalue weighted by Gasteiger charge is -2.22. The van der Waals surface area contributed by atoms with E-state index in [-0.39, 0.29) is 35.4 Å². The second-order valence-corrected chi connectivity index (χ2v) is 5.99. The quantitative estimate of drug-likeness (QED) is 0.845. The Labute approximate surface area is 154 Å². The van der Waals surface area contributed by atoms with Gasteiger partial charge in [0.2, 0.25) is 0 Å².